The topological polar surface area (TPSA) is 37.3 Å². The van der Waals surface area contributed by atoms with Crippen molar-refractivity contribution in [2.45, 2.75) is 6.42 Å². The first-order valence-electron chi connectivity index (χ1n) is 4.18. The number of aliphatic carboxylic acids is 1. The normalized spacial score (nSPS) is 9.20. The van der Waals surface area contributed by atoms with Crippen LogP contribution in [0.15, 0.2) is 18.2 Å². The Bertz CT molecular complexity index is 432. The molecule has 0 atom stereocenters. The molecular weight excluding hydrogens is 279 g/mol. The monoisotopic (exact) mass is 286 g/mol. The van der Waals surface area contributed by atoms with Crippen molar-refractivity contribution in [3.05, 3.63) is 34.3 Å². The van der Waals surface area contributed by atoms with Gasteiger partial charge in [0.15, 0.2) is 0 Å². The van der Waals surface area contributed by atoms with Crippen molar-refractivity contribution in [2.75, 3.05) is 5.33 Å². The van der Waals surface area contributed by atoms with E-state index in [0.29, 0.717) is 15.9 Å². The first kappa shape index (κ1) is 12.1. The van der Waals surface area contributed by atoms with Gasteiger partial charge >= 0.3 is 5.97 Å². The van der Waals surface area contributed by atoms with Crippen LogP contribution in [0, 0.1) is 11.8 Å². The van der Waals surface area contributed by atoms with Crippen LogP contribution in [0.1, 0.15) is 11.1 Å². The molecule has 78 valence electrons. The fourth-order valence-electron chi connectivity index (χ4n) is 1.09. The summed E-state index contributed by atoms with van der Waals surface area (Å²) in [6, 6.07) is 5.13. The Morgan fingerprint density at radius 1 is 1.53 bits per heavy atom. The average Bonchev–Trinajstić information content (AvgIpc) is 2.18. The van der Waals surface area contributed by atoms with Gasteiger partial charge in [-0.1, -0.05) is 39.4 Å². The Morgan fingerprint density at radius 3 is 2.87 bits per heavy atom. The molecule has 0 aliphatic carbocycles. The molecule has 0 saturated carbocycles. The van der Waals surface area contributed by atoms with E-state index in [1.807, 2.05) is 0 Å². The predicted octanol–water partition coefficient (Wildman–Crippen LogP) is 2.71. The molecule has 1 rings (SSSR count). The molecule has 15 heavy (non-hydrogen) atoms. The van der Waals surface area contributed by atoms with Crippen LogP contribution in [0.3, 0.4) is 0 Å². The third-order valence-corrected chi connectivity index (χ3v) is 2.34. The largest absolute Gasteiger partial charge is 0.481 e. The van der Waals surface area contributed by atoms with Crippen LogP contribution in [0.5, 0.6) is 0 Å². The van der Waals surface area contributed by atoms with Crippen molar-refractivity contribution in [1.29, 1.82) is 0 Å². The number of hydrogen-bond acceptors (Lipinski definition) is 1. The maximum Gasteiger partial charge on any atom is 0.307 e. The summed E-state index contributed by atoms with van der Waals surface area (Å²) in [5.41, 5.74) is 1.36. The number of halogens is 2. The third-order valence-electron chi connectivity index (χ3n) is 1.69. The minimum Gasteiger partial charge on any atom is -0.481 e. The van der Waals surface area contributed by atoms with Crippen LogP contribution in [-0.2, 0) is 11.2 Å². The van der Waals surface area contributed by atoms with E-state index in [9.17, 15) is 4.79 Å². The fraction of sp³-hybridized carbons (Fsp3) is 0.182. The molecule has 1 aromatic carbocycles. The summed E-state index contributed by atoms with van der Waals surface area (Å²) >= 11 is 9.04. The van der Waals surface area contributed by atoms with Crippen molar-refractivity contribution in [1.82, 2.24) is 0 Å². The van der Waals surface area contributed by atoms with Crippen molar-refractivity contribution in [3.8, 4) is 11.8 Å². The van der Waals surface area contributed by atoms with Gasteiger partial charge in [-0.05, 0) is 23.8 Å². The minimum atomic E-state index is -0.900. The first-order chi connectivity index (χ1) is 7.13. The molecule has 0 aromatic heterocycles. The van der Waals surface area contributed by atoms with Gasteiger partial charge in [0.25, 0.3) is 0 Å². The molecule has 0 aliphatic heterocycles. The van der Waals surface area contributed by atoms with Crippen molar-refractivity contribution >= 4 is 33.5 Å². The number of hydrogen-bond donors (Lipinski definition) is 1. The van der Waals surface area contributed by atoms with Gasteiger partial charge < -0.3 is 5.11 Å². The quantitative estimate of drug-likeness (QED) is 0.671. The lowest BCUT2D eigenvalue weighted by molar-refractivity contribution is -0.136. The number of rotatable bonds is 2. The van der Waals surface area contributed by atoms with Crippen molar-refractivity contribution < 1.29 is 9.90 Å². The van der Waals surface area contributed by atoms with Crippen molar-refractivity contribution in [3.63, 3.8) is 0 Å². The van der Waals surface area contributed by atoms with Crippen LogP contribution in [0.2, 0.25) is 5.02 Å². The lowest BCUT2D eigenvalue weighted by atomic mass is 10.1. The maximum absolute atomic E-state index is 10.5. The molecule has 0 heterocycles. The second kappa shape index (κ2) is 5.79. The highest BCUT2D eigenvalue weighted by Crippen LogP contribution is 2.17. The predicted molar refractivity (Wildman–Crippen MR) is 63.5 cm³/mol. The Balaban J connectivity index is 2.99. The summed E-state index contributed by atoms with van der Waals surface area (Å²) in [5.74, 6) is 4.83. The smallest absolute Gasteiger partial charge is 0.307 e. The van der Waals surface area contributed by atoms with Crippen LogP contribution in [-0.4, -0.2) is 16.4 Å². The van der Waals surface area contributed by atoms with Crippen LogP contribution in [0.4, 0.5) is 0 Å². The van der Waals surface area contributed by atoms with Gasteiger partial charge in [-0.25, -0.2) is 0 Å². The molecule has 0 fully saturated rings. The molecule has 0 radical (unpaired) electrons. The number of benzene rings is 1. The van der Waals surface area contributed by atoms with E-state index in [2.05, 4.69) is 27.8 Å². The average molecular weight is 288 g/mol. The zero-order valence-corrected chi connectivity index (χ0v) is 10.1. The van der Waals surface area contributed by atoms with Gasteiger partial charge in [0.2, 0.25) is 0 Å². The first-order valence-corrected chi connectivity index (χ1v) is 5.68. The van der Waals surface area contributed by atoms with Crippen LogP contribution >= 0.6 is 27.5 Å². The Hall–Kier alpha value is -0.980. The molecule has 2 nitrogen and oxygen atoms in total. The lowest BCUT2D eigenvalue weighted by Crippen LogP contribution is -2.00. The lowest BCUT2D eigenvalue weighted by Gasteiger charge is -2.01. The van der Waals surface area contributed by atoms with Crippen LogP contribution in [0.25, 0.3) is 0 Å². The summed E-state index contributed by atoms with van der Waals surface area (Å²) in [7, 11) is 0. The molecule has 4 heteroatoms. The van der Waals surface area contributed by atoms with Gasteiger partial charge in [-0.2, -0.15) is 0 Å². The Labute approximate surface area is 101 Å². The second-order valence-corrected chi connectivity index (χ2v) is 3.78. The fourth-order valence-corrected chi connectivity index (χ4v) is 1.41. The van der Waals surface area contributed by atoms with E-state index in [0.717, 1.165) is 5.56 Å². The number of carboxylic acids is 1. The summed E-state index contributed by atoms with van der Waals surface area (Å²) in [6.45, 7) is 0. The molecule has 0 aliphatic rings. The summed E-state index contributed by atoms with van der Waals surface area (Å²) in [6.07, 6.45) is -0.0807. The molecule has 0 saturated heterocycles. The highest BCUT2D eigenvalue weighted by atomic mass is 79.9. The molecule has 1 N–H and O–H groups in total. The molecular formula is C11H8BrClO2. The molecule has 0 unspecified atom stereocenters. The van der Waals surface area contributed by atoms with E-state index < -0.39 is 5.97 Å². The molecule has 0 amide bonds. The summed E-state index contributed by atoms with van der Waals surface area (Å²) in [5, 5.41) is 9.70. The Morgan fingerprint density at radius 2 is 2.27 bits per heavy atom. The van der Waals surface area contributed by atoms with E-state index >= 15 is 0 Å². The highest BCUT2D eigenvalue weighted by molar-refractivity contribution is 9.09. The summed E-state index contributed by atoms with van der Waals surface area (Å²) in [4.78, 5) is 10.5. The van der Waals surface area contributed by atoms with E-state index in [-0.39, 0.29) is 6.42 Å². The van der Waals surface area contributed by atoms with E-state index in [1.165, 1.54) is 0 Å². The zero-order valence-electron chi connectivity index (χ0n) is 7.76. The van der Waals surface area contributed by atoms with E-state index in [1.54, 1.807) is 18.2 Å². The molecule has 1 aromatic rings. The third kappa shape index (κ3) is 3.94. The number of carboxylic acid groups (broad SMARTS) is 1. The minimum absolute atomic E-state index is 0.0807. The SMILES string of the molecule is O=C(O)Cc1cc(C#CCBr)ccc1Cl. The molecule has 0 bridgehead atoms. The van der Waals surface area contributed by atoms with Gasteiger partial charge in [0.1, 0.15) is 0 Å². The zero-order chi connectivity index (χ0) is 11.3. The van der Waals surface area contributed by atoms with Gasteiger partial charge in [-0.3, -0.25) is 4.79 Å². The maximum atomic E-state index is 10.5. The Kier molecular flexibility index (Phi) is 4.67. The second-order valence-electron chi connectivity index (χ2n) is 2.81. The van der Waals surface area contributed by atoms with Gasteiger partial charge in [0.05, 0.1) is 11.8 Å². The highest BCUT2D eigenvalue weighted by Gasteiger charge is 2.05. The van der Waals surface area contributed by atoms with Crippen molar-refractivity contribution in [2.24, 2.45) is 0 Å². The van der Waals surface area contributed by atoms with Crippen LogP contribution < -0.4 is 0 Å². The van der Waals surface area contributed by atoms with Gasteiger partial charge in [-0.15, -0.1) is 0 Å². The van der Waals surface area contributed by atoms with Gasteiger partial charge in [0, 0.05) is 10.6 Å². The standard InChI is InChI=1S/C11H8BrClO2/c12-5-1-2-8-3-4-10(13)9(6-8)7-11(14)15/h3-4,6H,5,7H2,(H,14,15). The molecule has 0 spiro atoms. The van der Waals surface area contributed by atoms with E-state index in [4.69, 9.17) is 16.7 Å². The summed E-state index contributed by atoms with van der Waals surface area (Å²) < 4.78 is 0. The number of carbonyl (C=O) groups is 1. The number of alkyl halides is 1.